The fraction of sp³-hybridized carbons (Fsp3) is 0.118. The highest BCUT2D eigenvalue weighted by Crippen LogP contribution is 2.30. The molecule has 0 bridgehead atoms. The van der Waals surface area contributed by atoms with Crippen molar-refractivity contribution in [1.29, 1.82) is 0 Å². The van der Waals surface area contributed by atoms with Crippen molar-refractivity contribution in [1.82, 2.24) is 10.2 Å². The Hall–Kier alpha value is -3.35. The van der Waals surface area contributed by atoms with Crippen molar-refractivity contribution in [2.45, 2.75) is 6.92 Å². The second-order valence-corrected chi connectivity index (χ2v) is 5.22. The SMILES string of the molecule is CC(=O)Nc1cccc(-c2n[nH]c3ccc(OCC(=O)O)cc23)c1. The van der Waals surface area contributed by atoms with Crippen LogP contribution in [0.5, 0.6) is 5.75 Å². The maximum atomic E-state index is 11.2. The number of carbonyl (C=O) groups excluding carboxylic acids is 1. The Bertz CT molecular complexity index is 917. The molecule has 24 heavy (non-hydrogen) atoms. The molecule has 1 aromatic heterocycles. The summed E-state index contributed by atoms with van der Waals surface area (Å²) in [6, 6.07) is 12.5. The predicted octanol–water partition coefficient (Wildman–Crippen LogP) is 2.65. The summed E-state index contributed by atoms with van der Waals surface area (Å²) in [6.45, 7) is 1.04. The number of nitrogens with one attached hydrogen (secondary N) is 2. The van der Waals surface area contributed by atoms with Crippen molar-refractivity contribution in [3.63, 3.8) is 0 Å². The average Bonchev–Trinajstić information content (AvgIpc) is 2.95. The number of fused-ring (bicyclic) bond motifs is 1. The monoisotopic (exact) mass is 325 g/mol. The van der Waals surface area contributed by atoms with Gasteiger partial charge in [0.2, 0.25) is 5.91 Å². The van der Waals surface area contributed by atoms with Gasteiger partial charge in [0, 0.05) is 23.6 Å². The lowest BCUT2D eigenvalue weighted by Crippen LogP contribution is -2.09. The zero-order valence-corrected chi connectivity index (χ0v) is 12.9. The molecule has 0 unspecified atom stereocenters. The summed E-state index contributed by atoms with van der Waals surface area (Å²) in [6.07, 6.45) is 0. The van der Waals surface area contributed by atoms with Crippen LogP contribution in [0.25, 0.3) is 22.2 Å². The summed E-state index contributed by atoms with van der Waals surface area (Å²) in [5.41, 5.74) is 2.99. The minimum Gasteiger partial charge on any atom is -0.482 e. The number of aliphatic carboxylic acids is 1. The first-order valence-electron chi connectivity index (χ1n) is 7.23. The number of aromatic nitrogens is 2. The largest absolute Gasteiger partial charge is 0.482 e. The number of benzene rings is 2. The maximum Gasteiger partial charge on any atom is 0.341 e. The summed E-state index contributed by atoms with van der Waals surface area (Å²) in [5.74, 6) is -0.737. The van der Waals surface area contributed by atoms with E-state index in [2.05, 4.69) is 15.5 Å². The third-order valence-corrected chi connectivity index (χ3v) is 3.35. The number of carbonyl (C=O) groups is 2. The standard InChI is InChI=1S/C17H15N3O4/c1-10(21)18-12-4-2-3-11(7-12)17-14-8-13(24-9-16(22)23)5-6-15(14)19-20-17/h2-8H,9H2,1H3,(H,18,21)(H,19,20)(H,22,23). The van der Waals surface area contributed by atoms with Gasteiger partial charge in [0.05, 0.1) is 5.52 Å². The second kappa shape index (κ2) is 6.41. The zero-order valence-electron chi connectivity index (χ0n) is 12.9. The number of rotatable bonds is 5. The third kappa shape index (κ3) is 3.35. The van der Waals surface area contributed by atoms with Gasteiger partial charge in [-0.3, -0.25) is 9.89 Å². The average molecular weight is 325 g/mol. The van der Waals surface area contributed by atoms with Gasteiger partial charge in [0.15, 0.2) is 6.61 Å². The molecular formula is C17H15N3O4. The first kappa shape index (κ1) is 15.5. The quantitative estimate of drug-likeness (QED) is 0.669. The molecule has 0 aliphatic carbocycles. The van der Waals surface area contributed by atoms with Crippen molar-refractivity contribution in [3.8, 4) is 17.0 Å². The minimum atomic E-state index is -1.04. The maximum absolute atomic E-state index is 11.2. The Balaban J connectivity index is 1.98. The molecule has 0 saturated heterocycles. The summed E-state index contributed by atoms with van der Waals surface area (Å²) < 4.78 is 5.21. The van der Waals surface area contributed by atoms with Crippen LogP contribution in [-0.2, 0) is 9.59 Å². The van der Waals surface area contributed by atoms with Crippen molar-refractivity contribution in [2.24, 2.45) is 0 Å². The minimum absolute atomic E-state index is 0.150. The Kier molecular flexibility index (Phi) is 4.15. The molecule has 2 aromatic carbocycles. The Labute approximate surface area is 137 Å². The number of carboxylic acids is 1. The number of nitrogens with zero attached hydrogens (tertiary/aromatic N) is 1. The van der Waals surface area contributed by atoms with Gasteiger partial charge in [-0.2, -0.15) is 5.10 Å². The normalized spacial score (nSPS) is 10.5. The molecule has 0 aliphatic heterocycles. The first-order valence-corrected chi connectivity index (χ1v) is 7.23. The highest BCUT2D eigenvalue weighted by Gasteiger charge is 2.11. The molecule has 0 fully saturated rings. The van der Waals surface area contributed by atoms with Crippen LogP contribution in [0.2, 0.25) is 0 Å². The topological polar surface area (TPSA) is 104 Å². The van der Waals surface area contributed by atoms with E-state index >= 15 is 0 Å². The number of carboxylic acid groups (broad SMARTS) is 1. The number of aromatic amines is 1. The van der Waals surface area contributed by atoms with Crippen molar-refractivity contribution in [3.05, 3.63) is 42.5 Å². The predicted molar refractivity (Wildman–Crippen MR) is 89.0 cm³/mol. The number of anilines is 1. The molecule has 3 aromatic rings. The summed E-state index contributed by atoms with van der Waals surface area (Å²) >= 11 is 0. The van der Waals surface area contributed by atoms with Gasteiger partial charge >= 0.3 is 5.97 Å². The van der Waals surface area contributed by atoms with Crippen LogP contribution >= 0.6 is 0 Å². The lowest BCUT2D eigenvalue weighted by Gasteiger charge is -2.05. The highest BCUT2D eigenvalue weighted by molar-refractivity contribution is 5.95. The van der Waals surface area contributed by atoms with Crippen molar-refractivity contribution < 1.29 is 19.4 Å². The van der Waals surface area contributed by atoms with E-state index in [1.165, 1.54) is 6.92 Å². The highest BCUT2D eigenvalue weighted by atomic mass is 16.5. The van der Waals surface area contributed by atoms with Gasteiger partial charge in [-0.1, -0.05) is 12.1 Å². The van der Waals surface area contributed by atoms with E-state index in [9.17, 15) is 9.59 Å². The van der Waals surface area contributed by atoms with E-state index < -0.39 is 12.6 Å². The number of hydrogen-bond acceptors (Lipinski definition) is 4. The Morgan fingerprint density at radius 3 is 2.83 bits per heavy atom. The van der Waals surface area contributed by atoms with Crippen molar-refractivity contribution in [2.75, 3.05) is 11.9 Å². The molecule has 1 amide bonds. The molecule has 7 heteroatoms. The summed E-state index contributed by atoms with van der Waals surface area (Å²) in [7, 11) is 0. The van der Waals surface area contributed by atoms with Crippen LogP contribution in [0.4, 0.5) is 5.69 Å². The molecule has 0 spiro atoms. The van der Waals surface area contributed by atoms with Crippen LogP contribution < -0.4 is 10.1 Å². The van der Waals surface area contributed by atoms with E-state index in [1.807, 2.05) is 18.2 Å². The zero-order chi connectivity index (χ0) is 17.1. The van der Waals surface area contributed by atoms with Crippen LogP contribution in [0.3, 0.4) is 0 Å². The van der Waals surface area contributed by atoms with E-state index in [0.29, 0.717) is 17.1 Å². The molecule has 0 atom stereocenters. The fourth-order valence-corrected chi connectivity index (χ4v) is 2.40. The van der Waals surface area contributed by atoms with Gasteiger partial charge in [0.1, 0.15) is 11.4 Å². The van der Waals surface area contributed by atoms with E-state index in [-0.39, 0.29) is 5.91 Å². The number of ether oxygens (including phenoxy) is 1. The number of H-pyrrole nitrogens is 1. The molecule has 3 rings (SSSR count). The Morgan fingerprint density at radius 2 is 2.08 bits per heavy atom. The Morgan fingerprint density at radius 1 is 1.25 bits per heavy atom. The number of hydrogen-bond donors (Lipinski definition) is 3. The fourth-order valence-electron chi connectivity index (χ4n) is 2.40. The van der Waals surface area contributed by atoms with E-state index in [1.54, 1.807) is 24.3 Å². The molecule has 1 heterocycles. The number of amides is 1. The van der Waals surface area contributed by atoms with Crippen LogP contribution in [0, 0.1) is 0 Å². The van der Waals surface area contributed by atoms with Gasteiger partial charge in [0.25, 0.3) is 0 Å². The lowest BCUT2D eigenvalue weighted by atomic mass is 10.1. The lowest BCUT2D eigenvalue weighted by molar-refractivity contribution is -0.139. The van der Waals surface area contributed by atoms with E-state index in [0.717, 1.165) is 16.5 Å². The molecular weight excluding hydrogens is 310 g/mol. The van der Waals surface area contributed by atoms with Crippen LogP contribution in [-0.4, -0.2) is 33.8 Å². The molecule has 7 nitrogen and oxygen atoms in total. The smallest absolute Gasteiger partial charge is 0.341 e. The van der Waals surface area contributed by atoms with Gasteiger partial charge in [-0.05, 0) is 30.3 Å². The van der Waals surface area contributed by atoms with Crippen LogP contribution in [0.15, 0.2) is 42.5 Å². The van der Waals surface area contributed by atoms with E-state index in [4.69, 9.17) is 9.84 Å². The van der Waals surface area contributed by atoms with Crippen LogP contribution in [0.1, 0.15) is 6.92 Å². The molecule has 0 radical (unpaired) electrons. The van der Waals surface area contributed by atoms with Gasteiger partial charge < -0.3 is 15.2 Å². The second-order valence-electron chi connectivity index (χ2n) is 5.22. The molecule has 0 aliphatic rings. The summed E-state index contributed by atoms with van der Waals surface area (Å²) in [4.78, 5) is 21.8. The van der Waals surface area contributed by atoms with Gasteiger partial charge in [-0.15, -0.1) is 0 Å². The van der Waals surface area contributed by atoms with Crippen molar-refractivity contribution >= 4 is 28.5 Å². The first-order chi connectivity index (χ1) is 11.5. The molecule has 0 saturated carbocycles. The molecule has 122 valence electrons. The third-order valence-electron chi connectivity index (χ3n) is 3.35. The molecule has 3 N–H and O–H groups in total. The van der Waals surface area contributed by atoms with Gasteiger partial charge in [-0.25, -0.2) is 4.79 Å². The summed E-state index contributed by atoms with van der Waals surface area (Å²) in [5, 5.41) is 19.5.